The molecule has 0 saturated carbocycles. The molecule has 1 aliphatic heterocycles. The molecule has 2 heterocycles. The first-order valence-corrected chi connectivity index (χ1v) is 8.99. The Kier molecular flexibility index (Phi) is 5.06. The summed E-state index contributed by atoms with van der Waals surface area (Å²) in [5, 5.41) is 11.5. The number of aliphatic carboxylic acids is 1. The number of ether oxygens (including phenoxy) is 2. The molecule has 0 bridgehead atoms. The number of carbonyl (C=O) groups is 2. The maximum Gasteiger partial charge on any atom is 0.339 e. The van der Waals surface area contributed by atoms with Gasteiger partial charge in [-0.2, -0.15) is 0 Å². The highest BCUT2D eigenvalue weighted by molar-refractivity contribution is 5.92. The Morgan fingerprint density at radius 2 is 2.00 bits per heavy atom. The fourth-order valence-corrected chi connectivity index (χ4v) is 3.22. The maximum atomic E-state index is 12.2. The van der Waals surface area contributed by atoms with Gasteiger partial charge in [0.05, 0.1) is 5.39 Å². The molecule has 8 heteroatoms. The molecule has 0 atom stereocenters. The molecule has 8 nitrogen and oxygen atoms in total. The first-order chi connectivity index (χ1) is 13.1. The van der Waals surface area contributed by atoms with Gasteiger partial charge in [-0.3, -0.25) is 9.59 Å². The Bertz CT molecular complexity index is 1020. The molecule has 0 spiro atoms. The predicted octanol–water partition coefficient (Wildman–Crippen LogP) is 2.09. The van der Waals surface area contributed by atoms with Crippen molar-refractivity contribution in [3.8, 4) is 11.5 Å². The Labute approximate surface area is 161 Å². The third-order valence-electron chi connectivity index (χ3n) is 4.90. The SMILES string of the molecule is Cc1c(C)c2c(OCC(=O)NCC(=O)O)cc3c(c2oc1=O)CCC(C)(C)O3. The molecule has 28 heavy (non-hydrogen) atoms. The molecular formula is C20H23NO7. The number of carbonyl (C=O) groups excluding carboxylic acids is 1. The van der Waals surface area contributed by atoms with Crippen LogP contribution in [0.25, 0.3) is 11.0 Å². The second-order valence-corrected chi connectivity index (χ2v) is 7.52. The van der Waals surface area contributed by atoms with E-state index in [1.807, 2.05) is 13.8 Å². The summed E-state index contributed by atoms with van der Waals surface area (Å²) in [4.78, 5) is 34.7. The molecule has 1 aliphatic rings. The number of nitrogens with one attached hydrogen (secondary N) is 1. The van der Waals surface area contributed by atoms with Gasteiger partial charge in [-0.15, -0.1) is 0 Å². The molecule has 0 radical (unpaired) electrons. The van der Waals surface area contributed by atoms with Gasteiger partial charge in [-0.1, -0.05) is 0 Å². The van der Waals surface area contributed by atoms with Gasteiger partial charge >= 0.3 is 11.6 Å². The van der Waals surface area contributed by atoms with Crippen molar-refractivity contribution in [3.63, 3.8) is 0 Å². The van der Waals surface area contributed by atoms with Gasteiger partial charge < -0.3 is 24.3 Å². The van der Waals surface area contributed by atoms with E-state index in [-0.39, 0.29) is 12.2 Å². The van der Waals surface area contributed by atoms with Gasteiger partial charge in [0.1, 0.15) is 29.2 Å². The third kappa shape index (κ3) is 3.81. The molecule has 0 unspecified atom stereocenters. The van der Waals surface area contributed by atoms with E-state index in [0.717, 1.165) is 12.0 Å². The minimum absolute atomic E-state index is 0.348. The number of fused-ring (bicyclic) bond motifs is 3. The van der Waals surface area contributed by atoms with Crippen LogP contribution in [0.1, 0.15) is 37.0 Å². The number of hydrogen-bond acceptors (Lipinski definition) is 6. The van der Waals surface area contributed by atoms with Gasteiger partial charge in [0.25, 0.3) is 5.91 Å². The third-order valence-corrected chi connectivity index (χ3v) is 4.90. The van der Waals surface area contributed by atoms with E-state index < -0.39 is 24.0 Å². The lowest BCUT2D eigenvalue weighted by molar-refractivity contribution is -0.138. The van der Waals surface area contributed by atoms with Crippen LogP contribution in [0.3, 0.4) is 0 Å². The lowest BCUT2D eigenvalue weighted by atomic mass is 9.92. The second kappa shape index (κ2) is 7.18. The minimum Gasteiger partial charge on any atom is -0.487 e. The highest BCUT2D eigenvalue weighted by Gasteiger charge is 2.31. The Morgan fingerprint density at radius 1 is 1.29 bits per heavy atom. The lowest BCUT2D eigenvalue weighted by Crippen LogP contribution is -2.33. The standard InChI is InChI=1S/C20H23NO7/c1-10-11(2)19(25)27-18-12-5-6-20(3,4)28-13(12)7-14(17(10)18)26-9-15(22)21-8-16(23)24/h7H,5-6,8-9H2,1-4H3,(H,21,22)(H,23,24). The van der Waals surface area contributed by atoms with Crippen molar-refractivity contribution < 1.29 is 28.6 Å². The fourth-order valence-electron chi connectivity index (χ4n) is 3.22. The first kappa shape index (κ1) is 19.7. The lowest BCUT2D eigenvalue weighted by Gasteiger charge is -2.33. The zero-order chi connectivity index (χ0) is 20.6. The summed E-state index contributed by atoms with van der Waals surface area (Å²) in [5.74, 6) is -0.810. The molecule has 2 N–H and O–H groups in total. The van der Waals surface area contributed by atoms with E-state index in [0.29, 0.717) is 40.0 Å². The van der Waals surface area contributed by atoms with Crippen LogP contribution in [-0.2, 0) is 16.0 Å². The van der Waals surface area contributed by atoms with Crippen molar-refractivity contribution in [1.82, 2.24) is 5.32 Å². The molecule has 1 aromatic carbocycles. The Morgan fingerprint density at radius 3 is 2.68 bits per heavy atom. The molecule has 0 fully saturated rings. The zero-order valence-electron chi connectivity index (χ0n) is 16.3. The van der Waals surface area contributed by atoms with Crippen LogP contribution in [0, 0.1) is 13.8 Å². The van der Waals surface area contributed by atoms with Crippen molar-refractivity contribution in [2.24, 2.45) is 0 Å². The highest BCUT2D eigenvalue weighted by Crippen LogP contribution is 2.43. The molecule has 0 saturated heterocycles. The van der Waals surface area contributed by atoms with Gasteiger partial charge in [-0.25, -0.2) is 4.79 Å². The summed E-state index contributed by atoms with van der Waals surface area (Å²) >= 11 is 0. The summed E-state index contributed by atoms with van der Waals surface area (Å²) in [6, 6.07) is 1.70. The molecular weight excluding hydrogens is 366 g/mol. The van der Waals surface area contributed by atoms with Gasteiger partial charge in [-0.05, 0) is 46.1 Å². The van der Waals surface area contributed by atoms with Crippen molar-refractivity contribution in [2.45, 2.75) is 46.1 Å². The van der Waals surface area contributed by atoms with E-state index in [4.69, 9.17) is 19.0 Å². The van der Waals surface area contributed by atoms with Crippen molar-refractivity contribution >= 4 is 22.8 Å². The van der Waals surface area contributed by atoms with E-state index in [1.165, 1.54) is 0 Å². The van der Waals surface area contributed by atoms with Crippen LogP contribution in [0.5, 0.6) is 11.5 Å². The molecule has 2 aromatic rings. The summed E-state index contributed by atoms with van der Waals surface area (Å²) in [5.41, 5.74) is 1.58. The molecule has 1 aromatic heterocycles. The van der Waals surface area contributed by atoms with Crippen LogP contribution >= 0.6 is 0 Å². The molecule has 1 amide bonds. The Balaban J connectivity index is 2.06. The predicted molar refractivity (Wildman–Crippen MR) is 101 cm³/mol. The maximum absolute atomic E-state index is 12.2. The Hall–Kier alpha value is -3.03. The number of carboxylic acids is 1. The summed E-state index contributed by atoms with van der Waals surface area (Å²) in [6.07, 6.45) is 1.45. The topological polar surface area (TPSA) is 115 Å². The number of aryl methyl sites for hydroxylation is 2. The van der Waals surface area contributed by atoms with Crippen LogP contribution in [0.2, 0.25) is 0 Å². The van der Waals surface area contributed by atoms with E-state index in [9.17, 15) is 14.4 Å². The second-order valence-electron chi connectivity index (χ2n) is 7.52. The van der Waals surface area contributed by atoms with Gasteiger partial charge in [0, 0.05) is 17.2 Å². The molecule has 150 valence electrons. The van der Waals surface area contributed by atoms with E-state index in [2.05, 4.69) is 5.32 Å². The number of benzene rings is 1. The number of amides is 1. The fraction of sp³-hybridized carbons (Fsp3) is 0.450. The van der Waals surface area contributed by atoms with E-state index >= 15 is 0 Å². The number of carboxylic acid groups (broad SMARTS) is 1. The molecule has 3 rings (SSSR count). The quantitative estimate of drug-likeness (QED) is 0.753. The zero-order valence-corrected chi connectivity index (χ0v) is 16.3. The van der Waals surface area contributed by atoms with Crippen LogP contribution in [0.15, 0.2) is 15.3 Å². The van der Waals surface area contributed by atoms with Crippen LogP contribution in [-0.4, -0.2) is 35.7 Å². The first-order valence-electron chi connectivity index (χ1n) is 8.99. The van der Waals surface area contributed by atoms with Gasteiger partial charge in [0.15, 0.2) is 6.61 Å². The smallest absolute Gasteiger partial charge is 0.339 e. The van der Waals surface area contributed by atoms with Gasteiger partial charge in [0.2, 0.25) is 0 Å². The highest BCUT2D eigenvalue weighted by atomic mass is 16.5. The normalized spacial score (nSPS) is 14.9. The van der Waals surface area contributed by atoms with Crippen molar-refractivity contribution in [1.29, 1.82) is 0 Å². The van der Waals surface area contributed by atoms with Crippen LogP contribution in [0.4, 0.5) is 0 Å². The average Bonchev–Trinajstić information content (AvgIpc) is 2.61. The summed E-state index contributed by atoms with van der Waals surface area (Å²) in [7, 11) is 0. The molecule has 0 aliphatic carbocycles. The van der Waals surface area contributed by atoms with Crippen molar-refractivity contribution in [3.05, 3.63) is 33.2 Å². The van der Waals surface area contributed by atoms with E-state index in [1.54, 1.807) is 19.9 Å². The van der Waals surface area contributed by atoms with Crippen molar-refractivity contribution in [2.75, 3.05) is 13.2 Å². The van der Waals surface area contributed by atoms with Crippen LogP contribution < -0.4 is 20.4 Å². The summed E-state index contributed by atoms with van der Waals surface area (Å²) in [6.45, 7) is 6.54. The largest absolute Gasteiger partial charge is 0.487 e. The summed E-state index contributed by atoms with van der Waals surface area (Å²) < 4.78 is 17.3. The monoisotopic (exact) mass is 389 g/mol. The number of hydrogen-bond donors (Lipinski definition) is 2. The minimum atomic E-state index is -1.14. The number of rotatable bonds is 5. The average molecular weight is 389 g/mol.